The van der Waals surface area contributed by atoms with Gasteiger partial charge in [0.05, 0.1) is 5.02 Å². The minimum Gasteiger partial charge on any atom is -0.480 e. The van der Waals surface area contributed by atoms with Crippen molar-refractivity contribution in [1.82, 2.24) is 5.32 Å². The molecule has 3 nitrogen and oxygen atoms in total. The molecule has 5 heteroatoms. The van der Waals surface area contributed by atoms with Crippen molar-refractivity contribution in [2.24, 2.45) is 0 Å². The number of halogens is 2. The zero-order chi connectivity index (χ0) is 15.2. The first-order chi connectivity index (χ1) is 10.1. The van der Waals surface area contributed by atoms with Crippen molar-refractivity contribution in [3.8, 4) is 0 Å². The molecule has 0 aliphatic heterocycles. The summed E-state index contributed by atoms with van der Waals surface area (Å²) in [6, 6.07) is 13.2. The lowest BCUT2D eigenvalue weighted by molar-refractivity contribution is -0.139. The maximum atomic E-state index is 13.8. The van der Waals surface area contributed by atoms with E-state index in [9.17, 15) is 14.3 Å². The molecule has 0 amide bonds. The van der Waals surface area contributed by atoms with Gasteiger partial charge >= 0.3 is 5.97 Å². The van der Waals surface area contributed by atoms with Gasteiger partial charge in [-0.05, 0) is 18.1 Å². The monoisotopic (exact) mass is 307 g/mol. The van der Waals surface area contributed by atoms with Crippen LogP contribution in [0.15, 0.2) is 48.5 Å². The Morgan fingerprint density at radius 1 is 1.19 bits per heavy atom. The summed E-state index contributed by atoms with van der Waals surface area (Å²) in [5.41, 5.74) is 1.26. The van der Waals surface area contributed by atoms with Gasteiger partial charge in [0.2, 0.25) is 0 Å². The highest BCUT2D eigenvalue weighted by atomic mass is 35.5. The van der Waals surface area contributed by atoms with E-state index in [0.717, 1.165) is 5.56 Å². The number of hydrogen-bond donors (Lipinski definition) is 2. The minimum absolute atomic E-state index is 0.0317. The van der Waals surface area contributed by atoms with Crippen LogP contribution in [0.4, 0.5) is 4.39 Å². The molecule has 2 aromatic rings. The van der Waals surface area contributed by atoms with Crippen LogP contribution in [-0.2, 0) is 17.8 Å². The molecule has 0 aliphatic rings. The van der Waals surface area contributed by atoms with Crippen LogP contribution in [0.3, 0.4) is 0 Å². The Bertz CT molecular complexity index is 619. The average Bonchev–Trinajstić information content (AvgIpc) is 2.48. The topological polar surface area (TPSA) is 49.3 Å². The van der Waals surface area contributed by atoms with E-state index in [1.165, 1.54) is 6.07 Å². The predicted molar refractivity (Wildman–Crippen MR) is 79.8 cm³/mol. The number of hydrogen-bond acceptors (Lipinski definition) is 2. The summed E-state index contributed by atoms with van der Waals surface area (Å²) in [5.74, 6) is -1.49. The van der Waals surface area contributed by atoms with E-state index in [-0.39, 0.29) is 11.6 Å². The molecule has 0 fully saturated rings. The summed E-state index contributed by atoms with van der Waals surface area (Å²) in [6.07, 6.45) is 0.332. The van der Waals surface area contributed by atoms with Crippen molar-refractivity contribution in [2.45, 2.75) is 19.0 Å². The maximum Gasteiger partial charge on any atom is 0.321 e. The molecule has 0 saturated carbocycles. The lowest BCUT2D eigenvalue weighted by atomic mass is 10.1. The number of aliphatic carboxylic acids is 1. The molecule has 110 valence electrons. The first kappa shape index (κ1) is 15.5. The molecule has 0 aromatic heterocycles. The fraction of sp³-hybridized carbons (Fsp3) is 0.188. The molecule has 0 spiro atoms. The summed E-state index contributed by atoms with van der Waals surface area (Å²) in [6.45, 7) is 0.107. The van der Waals surface area contributed by atoms with Crippen LogP contribution in [0.2, 0.25) is 5.02 Å². The van der Waals surface area contributed by atoms with Gasteiger partial charge in [0.25, 0.3) is 0 Å². The summed E-state index contributed by atoms with van der Waals surface area (Å²) >= 11 is 5.70. The van der Waals surface area contributed by atoms with Gasteiger partial charge in [-0.15, -0.1) is 0 Å². The Morgan fingerprint density at radius 3 is 2.57 bits per heavy atom. The van der Waals surface area contributed by atoms with Gasteiger partial charge < -0.3 is 5.11 Å². The molecule has 1 atom stereocenters. The standard InChI is InChI=1S/C16H15ClFNO2/c17-13-8-4-7-12(15(13)18)10-19-14(16(20)21)9-11-5-2-1-3-6-11/h1-8,14,19H,9-10H2,(H,20,21). The van der Waals surface area contributed by atoms with E-state index in [0.29, 0.717) is 12.0 Å². The fourth-order valence-corrected chi connectivity index (χ4v) is 2.21. The number of carboxylic acid groups (broad SMARTS) is 1. The zero-order valence-corrected chi connectivity index (χ0v) is 12.0. The van der Waals surface area contributed by atoms with Crippen molar-refractivity contribution in [1.29, 1.82) is 0 Å². The van der Waals surface area contributed by atoms with Crippen LogP contribution < -0.4 is 5.32 Å². The second kappa shape index (κ2) is 7.20. The molecule has 0 aliphatic carbocycles. The summed E-state index contributed by atoms with van der Waals surface area (Å²) in [5, 5.41) is 12.1. The van der Waals surface area contributed by atoms with E-state index >= 15 is 0 Å². The number of nitrogens with one attached hydrogen (secondary N) is 1. The fourth-order valence-electron chi connectivity index (χ4n) is 2.01. The number of carboxylic acids is 1. The largest absolute Gasteiger partial charge is 0.480 e. The number of carbonyl (C=O) groups is 1. The minimum atomic E-state index is -0.971. The Balaban J connectivity index is 2.04. The third-order valence-corrected chi connectivity index (χ3v) is 3.44. The van der Waals surface area contributed by atoms with Gasteiger partial charge in [0.15, 0.2) is 0 Å². The third-order valence-electron chi connectivity index (χ3n) is 3.15. The van der Waals surface area contributed by atoms with E-state index in [4.69, 9.17) is 11.6 Å². The van der Waals surface area contributed by atoms with Gasteiger partial charge in [-0.3, -0.25) is 10.1 Å². The van der Waals surface area contributed by atoms with Crippen LogP contribution in [0.1, 0.15) is 11.1 Å². The van der Waals surface area contributed by atoms with E-state index in [1.54, 1.807) is 12.1 Å². The molecular weight excluding hydrogens is 293 g/mol. The third kappa shape index (κ3) is 4.28. The van der Waals surface area contributed by atoms with Gasteiger partial charge in [-0.1, -0.05) is 54.1 Å². The Kier molecular flexibility index (Phi) is 5.31. The zero-order valence-electron chi connectivity index (χ0n) is 11.2. The molecule has 2 rings (SSSR count). The number of rotatable bonds is 6. The van der Waals surface area contributed by atoms with E-state index < -0.39 is 17.8 Å². The Morgan fingerprint density at radius 2 is 1.90 bits per heavy atom. The second-order valence-corrected chi connectivity index (χ2v) is 5.08. The van der Waals surface area contributed by atoms with Crippen LogP contribution in [0.5, 0.6) is 0 Å². The van der Waals surface area contributed by atoms with Gasteiger partial charge in [0.1, 0.15) is 11.9 Å². The van der Waals surface area contributed by atoms with Crippen molar-refractivity contribution in [3.05, 3.63) is 70.5 Å². The molecule has 0 bridgehead atoms. The Hall–Kier alpha value is -1.91. The highest BCUT2D eigenvalue weighted by molar-refractivity contribution is 6.30. The highest BCUT2D eigenvalue weighted by Gasteiger charge is 2.18. The molecule has 1 unspecified atom stereocenters. The van der Waals surface area contributed by atoms with E-state index in [1.807, 2.05) is 30.3 Å². The quantitative estimate of drug-likeness (QED) is 0.861. The molecule has 0 saturated heterocycles. The average molecular weight is 308 g/mol. The van der Waals surface area contributed by atoms with Crippen LogP contribution in [-0.4, -0.2) is 17.1 Å². The predicted octanol–water partition coefficient (Wildman–Crippen LogP) is 3.26. The van der Waals surface area contributed by atoms with Crippen LogP contribution >= 0.6 is 11.6 Å². The summed E-state index contributed by atoms with van der Waals surface area (Å²) < 4.78 is 13.8. The molecular formula is C16H15ClFNO2. The van der Waals surface area contributed by atoms with Gasteiger partial charge in [0, 0.05) is 12.1 Å². The van der Waals surface area contributed by atoms with Crippen molar-refractivity contribution in [3.63, 3.8) is 0 Å². The maximum absolute atomic E-state index is 13.8. The number of benzene rings is 2. The smallest absolute Gasteiger partial charge is 0.321 e. The summed E-state index contributed by atoms with van der Waals surface area (Å²) in [7, 11) is 0. The molecule has 0 heterocycles. The lowest BCUT2D eigenvalue weighted by Gasteiger charge is -2.15. The van der Waals surface area contributed by atoms with Gasteiger partial charge in [-0.2, -0.15) is 0 Å². The first-order valence-corrected chi connectivity index (χ1v) is 6.88. The Labute approximate surface area is 127 Å². The molecule has 21 heavy (non-hydrogen) atoms. The summed E-state index contributed by atoms with van der Waals surface area (Å²) in [4.78, 5) is 11.3. The van der Waals surface area contributed by atoms with Gasteiger partial charge in [-0.25, -0.2) is 4.39 Å². The normalized spacial score (nSPS) is 12.1. The molecule has 2 aromatic carbocycles. The van der Waals surface area contributed by atoms with E-state index in [2.05, 4.69) is 5.32 Å². The van der Waals surface area contributed by atoms with Crippen LogP contribution in [0, 0.1) is 5.82 Å². The van der Waals surface area contributed by atoms with Crippen molar-refractivity contribution >= 4 is 17.6 Å². The molecule has 2 N–H and O–H groups in total. The second-order valence-electron chi connectivity index (χ2n) is 4.67. The van der Waals surface area contributed by atoms with Crippen molar-refractivity contribution in [2.75, 3.05) is 0 Å². The lowest BCUT2D eigenvalue weighted by Crippen LogP contribution is -2.38. The first-order valence-electron chi connectivity index (χ1n) is 6.51. The SMILES string of the molecule is O=C(O)C(Cc1ccccc1)NCc1cccc(Cl)c1F. The van der Waals surface area contributed by atoms with Crippen LogP contribution in [0.25, 0.3) is 0 Å². The van der Waals surface area contributed by atoms with Crippen molar-refractivity contribution < 1.29 is 14.3 Å². The highest BCUT2D eigenvalue weighted by Crippen LogP contribution is 2.17. The molecule has 0 radical (unpaired) electrons.